The molecule has 3 N–H and O–H groups in total. The van der Waals surface area contributed by atoms with E-state index in [2.05, 4.69) is 38.4 Å². The third-order valence-electron chi connectivity index (χ3n) is 2.36. The van der Waals surface area contributed by atoms with Gasteiger partial charge in [0.1, 0.15) is 10.8 Å². The van der Waals surface area contributed by atoms with E-state index in [-0.39, 0.29) is 0 Å². The summed E-state index contributed by atoms with van der Waals surface area (Å²) in [6.45, 7) is 0.702. The van der Waals surface area contributed by atoms with E-state index in [0.29, 0.717) is 17.2 Å². The van der Waals surface area contributed by atoms with E-state index in [1.807, 2.05) is 24.3 Å². The lowest BCUT2D eigenvalue weighted by atomic mass is 10.2. The number of hydrogen-bond acceptors (Lipinski definition) is 3. The number of hydrogen-bond donors (Lipinski definition) is 2. The van der Waals surface area contributed by atoms with Gasteiger partial charge in [0.25, 0.3) is 0 Å². The largest absolute Gasteiger partial charge is 0.388 e. The second-order valence-corrected chi connectivity index (χ2v) is 5.11. The molecule has 0 bridgehead atoms. The van der Waals surface area contributed by atoms with E-state index in [4.69, 9.17) is 18.0 Å². The summed E-state index contributed by atoms with van der Waals surface area (Å²) in [4.78, 5) is 4.63. The van der Waals surface area contributed by atoms with Crippen LogP contribution in [0.25, 0.3) is 0 Å². The lowest BCUT2D eigenvalue weighted by molar-refractivity contribution is 1.10. The van der Waals surface area contributed by atoms with Crippen molar-refractivity contribution in [1.29, 1.82) is 0 Å². The Balaban J connectivity index is 2.06. The van der Waals surface area contributed by atoms with Crippen LogP contribution in [0.4, 0.5) is 5.82 Å². The standard InChI is InChI=1S/C13H12BrN3S/c14-10-4-1-3-9(7-10)8-16-12-6-2-5-11(17-12)13(15)18/h1-7H,8H2,(H2,15,18)(H,16,17). The van der Waals surface area contributed by atoms with Crippen molar-refractivity contribution < 1.29 is 0 Å². The molecule has 0 fully saturated rings. The topological polar surface area (TPSA) is 50.9 Å². The highest BCUT2D eigenvalue weighted by Gasteiger charge is 2.00. The lowest BCUT2D eigenvalue weighted by Gasteiger charge is -2.07. The second-order valence-electron chi connectivity index (χ2n) is 3.76. The molecule has 2 aromatic rings. The molecular weight excluding hydrogens is 310 g/mol. The maximum atomic E-state index is 5.54. The summed E-state index contributed by atoms with van der Waals surface area (Å²) in [6, 6.07) is 13.7. The minimum atomic E-state index is 0.307. The summed E-state index contributed by atoms with van der Waals surface area (Å²) in [5.74, 6) is 0.764. The molecule has 0 atom stereocenters. The van der Waals surface area contributed by atoms with Gasteiger partial charge < -0.3 is 11.1 Å². The molecule has 0 saturated carbocycles. The smallest absolute Gasteiger partial charge is 0.127 e. The van der Waals surface area contributed by atoms with Crippen LogP contribution in [0, 0.1) is 0 Å². The van der Waals surface area contributed by atoms with Crippen LogP contribution >= 0.6 is 28.1 Å². The Morgan fingerprint density at radius 2 is 2.06 bits per heavy atom. The first-order valence-corrected chi connectivity index (χ1v) is 6.60. The molecule has 0 aliphatic carbocycles. The van der Waals surface area contributed by atoms with Crippen molar-refractivity contribution in [2.75, 3.05) is 5.32 Å². The Labute approximate surface area is 120 Å². The van der Waals surface area contributed by atoms with Crippen LogP contribution in [0.3, 0.4) is 0 Å². The van der Waals surface area contributed by atoms with Gasteiger partial charge in [0.15, 0.2) is 0 Å². The van der Waals surface area contributed by atoms with E-state index >= 15 is 0 Å². The van der Waals surface area contributed by atoms with E-state index in [9.17, 15) is 0 Å². The summed E-state index contributed by atoms with van der Waals surface area (Å²) in [5, 5.41) is 3.24. The molecule has 1 aromatic heterocycles. The predicted octanol–water partition coefficient (Wildman–Crippen LogP) is 3.09. The van der Waals surface area contributed by atoms with Crippen LogP contribution in [0.5, 0.6) is 0 Å². The second kappa shape index (κ2) is 5.93. The van der Waals surface area contributed by atoms with Crippen LogP contribution < -0.4 is 11.1 Å². The first kappa shape index (κ1) is 13.0. The van der Waals surface area contributed by atoms with Crippen molar-refractivity contribution in [1.82, 2.24) is 4.98 Å². The third-order valence-corrected chi connectivity index (χ3v) is 3.07. The number of aromatic nitrogens is 1. The van der Waals surface area contributed by atoms with E-state index in [1.54, 1.807) is 6.07 Å². The molecule has 92 valence electrons. The summed E-state index contributed by atoms with van der Waals surface area (Å²) < 4.78 is 1.06. The van der Waals surface area contributed by atoms with Gasteiger partial charge in [-0.3, -0.25) is 0 Å². The molecule has 0 radical (unpaired) electrons. The monoisotopic (exact) mass is 321 g/mol. The number of pyridine rings is 1. The molecule has 5 heteroatoms. The quantitative estimate of drug-likeness (QED) is 0.850. The summed E-state index contributed by atoms with van der Waals surface area (Å²) >= 11 is 8.34. The SMILES string of the molecule is NC(=S)c1cccc(NCc2cccc(Br)c2)n1. The van der Waals surface area contributed by atoms with Gasteiger partial charge in [-0.05, 0) is 29.8 Å². The summed E-state index contributed by atoms with van der Waals surface area (Å²) in [5.41, 5.74) is 7.35. The number of anilines is 1. The van der Waals surface area contributed by atoms with Crippen molar-refractivity contribution in [3.63, 3.8) is 0 Å². The molecule has 18 heavy (non-hydrogen) atoms. The maximum Gasteiger partial charge on any atom is 0.127 e. The van der Waals surface area contributed by atoms with Gasteiger partial charge in [-0.1, -0.05) is 46.3 Å². The Bertz CT molecular complexity index is 572. The number of halogens is 1. The third kappa shape index (κ3) is 3.51. The predicted molar refractivity (Wildman–Crippen MR) is 81.6 cm³/mol. The number of nitrogens with zero attached hydrogens (tertiary/aromatic N) is 1. The van der Waals surface area contributed by atoms with E-state index < -0.39 is 0 Å². The molecule has 0 spiro atoms. The zero-order valence-electron chi connectivity index (χ0n) is 9.56. The molecule has 0 aliphatic rings. The summed E-state index contributed by atoms with van der Waals surface area (Å²) in [6.07, 6.45) is 0. The number of nitrogens with one attached hydrogen (secondary N) is 1. The van der Waals surface area contributed by atoms with Gasteiger partial charge in [0.2, 0.25) is 0 Å². The number of thiocarbonyl (C=S) groups is 1. The van der Waals surface area contributed by atoms with Gasteiger partial charge in [-0.2, -0.15) is 0 Å². The van der Waals surface area contributed by atoms with Crippen LogP contribution in [0.2, 0.25) is 0 Å². The first-order valence-electron chi connectivity index (χ1n) is 5.40. The molecule has 0 saturated heterocycles. The normalized spacial score (nSPS) is 10.1. The fourth-order valence-electron chi connectivity index (χ4n) is 1.51. The van der Waals surface area contributed by atoms with Crippen LogP contribution in [0.1, 0.15) is 11.3 Å². The van der Waals surface area contributed by atoms with Gasteiger partial charge in [0, 0.05) is 11.0 Å². The fourth-order valence-corrected chi connectivity index (χ4v) is 2.07. The molecule has 1 heterocycles. The number of rotatable bonds is 4. The van der Waals surface area contributed by atoms with Gasteiger partial charge in [-0.15, -0.1) is 0 Å². The zero-order valence-corrected chi connectivity index (χ0v) is 12.0. The Morgan fingerprint density at radius 1 is 1.28 bits per heavy atom. The van der Waals surface area contributed by atoms with Gasteiger partial charge in [0.05, 0.1) is 5.69 Å². The van der Waals surface area contributed by atoms with Crippen molar-refractivity contribution >= 4 is 39.0 Å². The maximum absolute atomic E-state index is 5.54. The minimum Gasteiger partial charge on any atom is -0.388 e. The molecule has 2 rings (SSSR count). The Kier molecular flexibility index (Phi) is 4.28. The highest BCUT2D eigenvalue weighted by atomic mass is 79.9. The molecular formula is C13H12BrN3S. The van der Waals surface area contributed by atoms with Crippen molar-refractivity contribution in [3.05, 3.63) is 58.2 Å². The first-order chi connectivity index (χ1) is 8.65. The van der Waals surface area contributed by atoms with Crippen molar-refractivity contribution in [3.8, 4) is 0 Å². The average molecular weight is 322 g/mol. The van der Waals surface area contributed by atoms with E-state index in [0.717, 1.165) is 10.3 Å². The molecule has 0 aliphatic heterocycles. The van der Waals surface area contributed by atoms with Gasteiger partial charge in [-0.25, -0.2) is 4.98 Å². The molecule has 3 nitrogen and oxygen atoms in total. The summed E-state index contributed by atoms with van der Waals surface area (Å²) in [7, 11) is 0. The molecule has 1 aromatic carbocycles. The highest BCUT2D eigenvalue weighted by molar-refractivity contribution is 9.10. The van der Waals surface area contributed by atoms with Crippen molar-refractivity contribution in [2.45, 2.75) is 6.54 Å². The Hall–Kier alpha value is -1.46. The molecule has 0 amide bonds. The van der Waals surface area contributed by atoms with Crippen LogP contribution in [0.15, 0.2) is 46.9 Å². The molecule has 0 unspecified atom stereocenters. The zero-order chi connectivity index (χ0) is 13.0. The van der Waals surface area contributed by atoms with E-state index in [1.165, 1.54) is 5.56 Å². The number of benzene rings is 1. The van der Waals surface area contributed by atoms with Crippen molar-refractivity contribution in [2.24, 2.45) is 5.73 Å². The number of nitrogens with two attached hydrogens (primary N) is 1. The Morgan fingerprint density at radius 3 is 2.78 bits per heavy atom. The highest BCUT2D eigenvalue weighted by Crippen LogP contribution is 2.13. The average Bonchev–Trinajstić information content (AvgIpc) is 2.37. The lowest BCUT2D eigenvalue weighted by Crippen LogP contribution is -2.12. The fraction of sp³-hybridized carbons (Fsp3) is 0.0769. The van der Waals surface area contributed by atoms with Crippen LogP contribution in [-0.2, 0) is 6.54 Å². The van der Waals surface area contributed by atoms with Gasteiger partial charge >= 0.3 is 0 Å². The minimum absolute atomic E-state index is 0.307. The van der Waals surface area contributed by atoms with Crippen LogP contribution in [-0.4, -0.2) is 9.97 Å².